The molecule has 8 nitrogen and oxygen atoms in total. The highest BCUT2D eigenvalue weighted by atomic mass is 16.5. The number of fused-ring (bicyclic) bond motifs is 1. The molecule has 0 fully saturated rings. The van der Waals surface area contributed by atoms with Crippen LogP contribution < -0.4 is 16.9 Å². The van der Waals surface area contributed by atoms with Crippen molar-refractivity contribution in [3.63, 3.8) is 0 Å². The molecule has 0 radical (unpaired) electrons. The van der Waals surface area contributed by atoms with Gasteiger partial charge in [-0.05, 0) is 0 Å². The first-order valence-corrected chi connectivity index (χ1v) is 3.95. The second-order valence-corrected chi connectivity index (χ2v) is 2.91. The summed E-state index contributed by atoms with van der Waals surface area (Å²) in [5.41, 5.74) is 3.49. The fourth-order valence-electron chi connectivity index (χ4n) is 1.26. The van der Waals surface area contributed by atoms with Crippen molar-refractivity contribution < 1.29 is 5.21 Å². The number of rotatable bonds is 0. The fraction of sp³-hybridized carbons (Fsp3) is 0.143. The summed E-state index contributed by atoms with van der Waals surface area (Å²) in [6.45, 7) is 0. The summed E-state index contributed by atoms with van der Waals surface area (Å²) in [4.78, 5) is 29.9. The molecule has 3 N–H and O–H groups in total. The Labute approximate surface area is 82.2 Å². The van der Waals surface area contributed by atoms with Crippen molar-refractivity contribution in [1.29, 1.82) is 0 Å². The fourth-order valence-corrected chi connectivity index (χ4v) is 1.26. The Morgan fingerprint density at radius 2 is 2.00 bits per heavy atom. The maximum atomic E-state index is 11.3. The summed E-state index contributed by atoms with van der Waals surface area (Å²) in [5, 5.41) is 9.38. The van der Waals surface area contributed by atoms with Crippen LogP contribution in [0.1, 0.15) is 0 Å². The molecule has 15 heavy (non-hydrogen) atoms. The van der Waals surface area contributed by atoms with Crippen molar-refractivity contribution in [3.05, 3.63) is 27.0 Å². The second kappa shape index (κ2) is 2.80. The lowest BCUT2D eigenvalue weighted by Gasteiger charge is -2.06. The first-order chi connectivity index (χ1) is 7.04. The molecule has 0 aliphatic carbocycles. The molecule has 0 aromatic carbocycles. The van der Waals surface area contributed by atoms with Gasteiger partial charge in [0.15, 0.2) is 17.0 Å². The minimum atomic E-state index is -1.09. The lowest BCUT2D eigenvalue weighted by atomic mass is 10.4. The van der Waals surface area contributed by atoms with E-state index >= 15 is 0 Å². The standard InChI is InChI=1S/C7H7N5O3/c1-11-5-3(4(8)9-2-10-5)12(15)7(14)6(11)13/h2,15H,1H3,(H2,8,9,10). The van der Waals surface area contributed by atoms with Crippen molar-refractivity contribution in [2.24, 2.45) is 7.05 Å². The van der Waals surface area contributed by atoms with Gasteiger partial charge in [0.25, 0.3) is 0 Å². The predicted octanol–water partition coefficient (Wildman–Crippen LogP) is -1.69. The average Bonchev–Trinajstić information content (AvgIpc) is 2.23. The van der Waals surface area contributed by atoms with Crippen molar-refractivity contribution in [3.8, 4) is 0 Å². The van der Waals surface area contributed by atoms with Gasteiger partial charge in [-0.15, -0.1) is 4.73 Å². The van der Waals surface area contributed by atoms with E-state index in [0.717, 1.165) is 10.9 Å². The average molecular weight is 209 g/mol. The molecule has 0 spiro atoms. The van der Waals surface area contributed by atoms with Crippen LogP contribution in [-0.4, -0.2) is 24.5 Å². The Kier molecular flexibility index (Phi) is 1.72. The van der Waals surface area contributed by atoms with E-state index in [1.807, 2.05) is 0 Å². The van der Waals surface area contributed by atoms with Crippen molar-refractivity contribution >= 4 is 17.0 Å². The van der Waals surface area contributed by atoms with E-state index in [2.05, 4.69) is 9.97 Å². The monoisotopic (exact) mass is 209 g/mol. The molecule has 0 unspecified atom stereocenters. The van der Waals surface area contributed by atoms with Crippen molar-refractivity contribution in [1.82, 2.24) is 19.3 Å². The lowest BCUT2D eigenvalue weighted by Crippen LogP contribution is -2.40. The van der Waals surface area contributed by atoms with Gasteiger partial charge in [0, 0.05) is 7.05 Å². The van der Waals surface area contributed by atoms with Crippen LogP contribution in [0.3, 0.4) is 0 Å². The van der Waals surface area contributed by atoms with Crippen LogP contribution in [0, 0.1) is 0 Å². The van der Waals surface area contributed by atoms with Gasteiger partial charge in [0.05, 0.1) is 0 Å². The number of nitrogen functional groups attached to an aromatic ring is 1. The van der Waals surface area contributed by atoms with Gasteiger partial charge in [-0.25, -0.2) is 9.97 Å². The molecule has 2 aromatic heterocycles. The first-order valence-electron chi connectivity index (χ1n) is 3.95. The molecule has 0 bridgehead atoms. The summed E-state index contributed by atoms with van der Waals surface area (Å²) in [6.07, 6.45) is 1.14. The summed E-state index contributed by atoms with van der Waals surface area (Å²) in [5.74, 6) is -0.0739. The van der Waals surface area contributed by atoms with E-state index < -0.39 is 11.1 Å². The molecule has 2 heterocycles. The zero-order valence-electron chi connectivity index (χ0n) is 7.71. The second-order valence-electron chi connectivity index (χ2n) is 2.91. The molecule has 2 aromatic rings. The number of hydrogen-bond donors (Lipinski definition) is 2. The smallest absolute Gasteiger partial charge is 0.349 e. The third-order valence-electron chi connectivity index (χ3n) is 2.04. The molecule has 0 saturated heterocycles. The minimum Gasteiger partial charge on any atom is -0.424 e. The quantitative estimate of drug-likeness (QED) is 0.395. The highest BCUT2D eigenvalue weighted by Gasteiger charge is 2.13. The van der Waals surface area contributed by atoms with Crippen LogP contribution in [0.25, 0.3) is 11.2 Å². The topological polar surface area (TPSA) is 116 Å². The largest absolute Gasteiger partial charge is 0.424 e. The van der Waals surface area contributed by atoms with Gasteiger partial charge >= 0.3 is 11.1 Å². The van der Waals surface area contributed by atoms with Crippen LogP contribution in [0.5, 0.6) is 0 Å². The van der Waals surface area contributed by atoms with Gasteiger partial charge in [-0.1, -0.05) is 0 Å². The summed E-state index contributed by atoms with van der Waals surface area (Å²) in [6, 6.07) is 0. The predicted molar refractivity (Wildman–Crippen MR) is 50.6 cm³/mol. The molecule has 2 rings (SSSR count). The normalized spacial score (nSPS) is 10.7. The van der Waals surface area contributed by atoms with E-state index in [-0.39, 0.29) is 21.7 Å². The molecular weight excluding hydrogens is 202 g/mol. The van der Waals surface area contributed by atoms with Crippen LogP contribution in [0.15, 0.2) is 15.9 Å². The molecule has 0 saturated carbocycles. The van der Waals surface area contributed by atoms with Crippen molar-refractivity contribution in [2.45, 2.75) is 0 Å². The molecule has 0 aliphatic heterocycles. The molecule has 0 atom stereocenters. The summed E-state index contributed by atoms with van der Waals surface area (Å²) in [7, 11) is 1.36. The maximum Gasteiger partial charge on any atom is 0.349 e. The highest BCUT2D eigenvalue weighted by Crippen LogP contribution is 2.10. The summed E-state index contributed by atoms with van der Waals surface area (Å²) < 4.78 is 1.16. The third-order valence-corrected chi connectivity index (χ3v) is 2.04. The van der Waals surface area contributed by atoms with Crippen LogP contribution in [-0.2, 0) is 7.05 Å². The maximum absolute atomic E-state index is 11.3. The van der Waals surface area contributed by atoms with E-state index in [1.54, 1.807) is 0 Å². The Morgan fingerprint density at radius 1 is 1.33 bits per heavy atom. The zero-order chi connectivity index (χ0) is 11.2. The van der Waals surface area contributed by atoms with E-state index in [4.69, 9.17) is 5.73 Å². The molecule has 8 heteroatoms. The SMILES string of the molecule is Cn1c(=O)c(=O)n(O)c2c(N)ncnc21. The van der Waals surface area contributed by atoms with Crippen molar-refractivity contribution in [2.75, 3.05) is 5.73 Å². The van der Waals surface area contributed by atoms with Crippen LogP contribution in [0.4, 0.5) is 5.82 Å². The number of hydrogen-bond acceptors (Lipinski definition) is 6. The van der Waals surface area contributed by atoms with Gasteiger partial charge < -0.3 is 10.9 Å². The summed E-state index contributed by atoms with van der Waals surface area (Å²) >= 11 is 0. The molecule has 78 valence electrons. The number of aryl methyl sites for hydroxylation is 1. The number of anilines is 1. The number of nitrogens with two attached hydrogens (primary N) is 1. The van der Waals surface area contributed by atoms with E-state index in [1.165, 1.54) is 7.05 Å². The molecule has 0 aliphatic rings. The van der Waals surface area contributed by atoms with Gasteiger partial charge in [-0.3, -0.25) is 14.2 Å². The lowest BCUT2D eigenvalue weighted by molar-refractivity contribution is 0.186. The zero-order valence-corrected chi connectivity index (χ0v) is 7.71. The Hall–Kier alpha value is -2.38. The number of aromatic nitrogens is 4. The number of nitrogens with zero attached hydrogens (tertiary/aromatic N) is 4. The van der Waals surface area contributed by atoms with Gasteiger partial charge in [0.2, 0.25) is 0 Å². The van der Waals surface area contributed by atoms with Crippen LogP contribution in [0.2, 0.25) is 0 Å². The van der Waals surface area contributed by atoms with E-state index in [9.17, 15) is 14.8 Å². The highest BCUT2D eigenvalue weighted by molar-refractivity contribution is 5.80. The molecule has 0 amide bonds. The van der Waals surface area contributed by atoms with E-state index in [0.29, 0.717) is 0 Å². The minimum absolute atomic E-state index is 0.0739. The Bertz CT molecular complexity index is 656. The molecular formula is C7H7N5O3. The van der Waals surface area contributed by atoms with Gasteiger partial charge in [-0.2, -0.15) is 0 Å². The first kappa shape index (κ1) is 9.19. The Morgan fingerprint density at radius 3 is 2.67 bits per heavy atom. The third kappa shape index (κ3) is 1.08. The van der Waals surface area contributed by atoms with Crippen LogP contribution >= 0.6 is 0 Å². The van der Waals surface area contributed by atoms with Gasteiger partial charge in [0.1, 0.15) is 6.33 Å². The Balaban J connectivity index is 3.23.